The normalized spacial score (nSPS) is 16.8. The third kappa shape index (κ3) is 2.07. The zero-order valence-corrected chi connectivity index (χ0v) is 11.8. The maximum atomic E-state index is 12.5. The number of methoxy groups -OCH3 is 1. The molecule has 2 heterocycles. The van der Waals surface area contributed by atoms with Crippen molar-refractivity contribution in [3.8, 4) is 0 Å². The lowest BCUT2D eigenvalue weighted by molar-refractivity contribution is -0.699. The maximum absolute atomic E-state index is 12.5. The summed E-state index contributed by atoms with van der Waals surface area (Å²) in [5, 5.41) is 0. The summed E-state index contributed by atoms with van der Waals surface area (Å²) in [6.45, 7) is 0. The van der Waals surface area contributed by atoms with E-state index in [1.165, 1.54) is 7.11 Å². The van der Waals surface area contributed by atoms with Gasteiger partial charge in [-0.2, -0.15) is 4.57 Å². The van der Waals surface area contributed by atoms with E-state index in [0.29, 0.717) is 5.56 Å². The second kappa shape index (κ2) is 5.01. The Kier molecular flexibility index (Phi) is 3.17. The first-order valence-corrected chi connectivity index (χ1v) is 6.59. The molecule has 0 bridgehead atoms. The molecule has 1 atom stereocenters. The topological polar surface area (TPSA) is 50.5 Å². The molecular weight excluding hydrogens is 268 g/mol. The number of ether oxygens (including phenoxy) is 1. The Hall–Kier alpha value is -2.69. The Bertz CT molecular complexity index is 727. The third-order valence-electron chi connectivity index (χ3n) is 3.70. The monoisotopic (exact) mass is 283 g/mol. The number of aromatic nitrogens is 1. The second-order valence-corrected chi connectivity index (χ2v) is 4.89. The first-order chi connectivity index (χ1) is 10.1. The van der Waals surface area contributed by atoms with Crippen LogP contribution in [0.4, 0.5) is 5.69 Å². The van der Waals surface area contributed by atoms with Crippen molar-refractivity contribution in [3.05, 3.63) is 59.9 Å². The highest BCUT2D eigenvalue weighted by molar-refractivity contribution is 6.03. The molecule has 106 valence electrons. The van der Waals surface area contributed by atoms with Crippen LogP contribution in [0.25, 0.3) is 0 Å². The summed E-state index contributed by atoms with van der Waals surface area (Å²) in [6.07, 6.45) is 3.43. The number of hydrogen-bond donors (Lipinski definition) is 0. The molecule has 0 saturated carbocycles. The summed E-state index contributed by atoms with van der Waals surface area (Å²) < 4.78 is 6.47. The third-order valence-corrected chi connectivity index (χ3v) is 3.70. The van der Waals surface area contributed by atoms with Crippen LogP contribution in [0, 0.1) is 0 Å². The van der Waals surface area contributed by atoms with Crippen LogP contribution < -0.4 is 9.47 Å². The number of rotatable bonds is 2. The van der Waals surface area contributed by atoms with Crippen molar-refractivity contribution in [1.29, 1.82) is 0 Å². The van der Waals surface area contributed by atoms with E-state index in [0.717, 1.165) is 11.3 Å². The van der Waals surface area contributed by atoms with Crippen LogP contribution >= 0.6 is 0 Å². The Labute approximate surface area is 122 Å². The average molecular weight is 283 g/mol. The Morgan fingerprint density at radius 3 is 2.76 bits per heavy atom. The van der Waals surface area contributed by atoms with Crippen molar-refractivity contribution in [3.63, 3.8) is 0 Å². The number of para-hydroxylation sites is 1. The van der Waals surface area contributed by atoms with Gasteiger partial charge in [0.2, 0.25) is 0 Å². The summed E-state index contributed by atoms with van der Waals surface area (Å²) in [6, 6.07) is 10.6. The molecule has 5 nitrogen and oxygen atoms in total. The van der Waals surface area contributed by atoms with Gasteiger partial charge in [-0.3, -0.25) is 4.79 Å². The molecule has 1 aliphatic rings. The number of carbonyl (C=O) groups excluding carboxylic acids is 2. The molecule has 21 heavy (non-hydrogen) atoms. The molecule has 0 N–H and O–H groups in total. The molecule has 3 rings (SSSR count). The van der Waals surface area contributed by atoms with Crippen LogP contribution in [0.1, 0.15) is 22.0 Å². The molecule has 5 heteroatoms. The zero-order valence-electron chi connectivity index (χ0n) is 11.8. The van der Waals surface area contributed by atoms with Crippen molar-refractivity contribution in [1.82, 2.24) is 0 Å². The minimum Gasteiger partial charge on any atom is -0.465 e. The number of likely N-dealkylation sites (N-methyl/N-ethyl adjacent to an activating group) is 1. The van der Waals surface area contributed by atoms with Crippen molar-refractivity contribution < 1.29 is 18.9 Å². The summed E-state index contributed by atoms with van der Waals surface area (Å²) in [5.41, 5.74) is 2.24. The van der Waals surface area contributed by atoms with Gasteiger partial charge < -0.3 is 9.64 Å². The molecule has 1 aromatic heterocycles. The van der Waals surface area contributed by atoms with Gasteiger partial charge in [0.05, 0.1) is 18.4 Å². The highest BCUT2D eigenvalue weighted by atomic mass is 16.5. The van der Waals surface area contributed by atoms with E-state index in [1.807, 2.05) is 24.3 Å². The van der Waals surface area contributed by atoms with Gasteiger partial charge in [-0.15, -0.1) is 0 Å². The van der Waals surface area contributed by atoms with Crippen LogP contribution in [0.5, 0.6) is 0 Å². The molecule has 1 aromatic carbocycles. The molecule has 2 aromatic rings. The summed E-state index contributed by atoms with van der Waals surface area (Å²) in [7, 11) is 3.09. The SMILES string of the molecule is COC(=O)c1ccc[n+](C2C(=O)N(C)c3ccccc32)c1. The molecule has 1 amide bonds. The number of carbonyl (C=O) groups is 2. The van der Waals surface area contributed by atoms with Gasteiger partial charge in [-0.1, -0.05) is 12.1 Å². The Morgan fingerprint density at radius 1 is 1.24 bits per heavy atom. The highest BCUT2D eigenvalue weighted by Gasteiger charge is 2.41. The van der Waals surface area contributed by atoms with Gasteiger partial charge in [0.1, 0.15) is 5.56 Å². The molecule has 0 spiro atoms. The van der Waals surface area contributed by atoms with E-state index in [2.05, 4.69) is 0 Å². The largest absolute Gasteiger partial charge is 0.465 e. The lowest BCUT2D eigenvalue weighted by Crippen LogP contribution is -2.45. The van der Waals surface area contributed by atoms with Crippen molar-refractivity contribution >= 4 is 17.6 Å². The summed E-state index contributed by atoms with van der Waals surface area (Å²) >= 11 is 0. The minimum absolute atomic E-state index is 0.0248. The molecule has 0 aliphatic carbocycles. The van der Waals surface area contributed by atoms with Crippen LogP contribution in [0.15, 0.2) is 48.8 Å². The molecule has 0 radical (unpaired) electrons. The predicted molar refractivity (Wildman–Crippen MR) is 76.0 cm³/mol. The maximum Gasteiger partial charge on any atom is 0.343 e. The molecule has 1 unspecified atom stereocenters. The van der Waals surface area contributed by atoms with Gasteiger partial charge in [-0.25, -0.2) is 4.79 Å². The summed E-state index contributed by atoms with van der Waals surface area (Å²) in [5.74, 6) is -0.445. The fraction of sp³-hybridized carbons (Fsp3) is 0.188. The van der Waals surface area contributed by atoms with E-state index in [9.17, 15) is 9.59 Å². The Morgan fingerprint density at radius 2 is 2.00 bits per heavy atom. The number of pyridine rings is 1. The zero-order chi connectivity index (χ0) is 15.0. The first-order valence-electron chi connectivity index (χ1n) is 6.59. The van der Waals surface area contributed by atoms with Gasteiger partial charge in [-0.05, 0) is 18.2 Å². The van der Waals surface area contributed by atoms with Gasteiger partial charge >= 0.3 is 11.9 Å². The van der Waals surface area contributed by atoms with E-state index < -0.39 is 12.0 Å². The molecule has 1 aliphatic heterocycles. The van der Waals surface area contributed by atoms with Crippen LogP contribution in [-0.2, 0) is 9.53 Å². The quantitative estimate of drug-likeness (QED) is 0.617. The lowest BCUT2D eigenvalue weighted by Gasteiger charge is -2.08. The van der Waals surface area contributed by atoms with Crippen molar-refractivity contribution in [2.75, 3.05) is 19.1 Å². The number of amides is 1. The van der Waals surface area contributed by atoms with Gasteiger partial charge in [0.15, 0.2) is 12.4 Å². The fourth-order valence-corrected chi connectivity index (χ4v) is 2.64. The van der Waals surface area contributed by atoms with E-state index in [-0.39, 0.29) is 5.91 Å². The fourth-order valence-electron chi connectivity index (χ4n) is 2.64. The predicted octanol–water partition coefficient (Wildman–Crippen LogP) is 1.33. The second-order valence-electron chi connectivity index (χ2n) is 4.89. The van der Waals surface area contributed by atoms with E-state index >= 15 is 0 Å². The van der Waals surface area contributed by atoms with Crippen LogP contribution in [0.2, 0.25) is 0 Å². The highest BCUT2D eigenvalue weighted by Crippen LogP contribution is 2.33. The first kappa shape index (κ1) is 13.3. The van der Waals surface area contributed by atoms with Gasteiger partial charge in [0.25, 0.3) is 6.04 Å². The minimum atomic E-state index is -0.448. The lowest BCUT2D eigenvalue weighted by atomic mass is 10.1. The van der Waals surface area contributed by atoms with Crippen molar-refractivity contribution in [2.45, 2.75) is 6.04 Å². The molecular formula is C16H15N2O3+. The Balaban J connectivity index is 2.09. The number of anilines is 1. The summed E-state index contributed by atoms with van der Waals surface area (Å²) in [4.78, 5) is 25.8. The number of hydrogen-bond acceptors (Lipinski definition) is 3. The van der Waals surface area contributed by atoms with Crippen molar-refractivity contribution in [2.24, 2.45) is 0 Å². The molecule has 0 fully saturated rings. The number of esters is 1. The van der Waals surface area contributed by atoms with E-state index in [4.69, 9.17) is 4.74 Å². The standard InChI is InChI=1S/C16H15N2O3/c1-17-13-8-4-3-7-12(13)14(15(17)19)18-9-5-6-11(10-18)16(20)21-2/h3-10,14H,1-2H3/q+1. The van der Waals surface area contributed by atoms with E-state index in [1.54, 1.807) is 41.0 Å². The number of benzene rings is 1. The smallest absolute Gasteiger partial charge is 0.343 e. The van der Waals surface area contributed by atoms with Crippen LogP contribution in [-0.4, -0.2) is 26.0 Å². The number of fused-ring (bicyclic) bond motifs is 1. The number of nitrogens with zero attached hydrogens (tertiary/aromatic N) is 2. The van der Waals surface area contributed by atoms with Crippen LogP contribution in [0.3, 0.4) is 0 Å². The molecule has 0 saturated heterocycles. The van der Waals surface area contributed by atoms with Gasteiger partial charge in [0, 0.05) is 13.1 Å². The average Bonchev–Trinajstić information content (AvgIpc) is 2.78.